The van der Waals surface area contributed by atoms with E-state index < -0.39 is 0 Å². The second kappa shape index (κ2) is 9.33. The van der Waals surface area contributed by atoms with Gasteiger partial charge in [-0.05, 0) is 42.4 Å². The van der Waals surface area contributed by atoms with Gasteiger partial charge in [0.2, 0.25) is 5.91 Å². The normalized spacial score (nSPS) is 17.8. The number of fused-ring (bicyclic) bond motifs is 1. The average Bonchev–Trinajstić information content (AvgIpc) is 2.80. The number of benzene rings is 1. The molecule has 0 radical (unpaired) electrons. The molecule has 1 aliphatic heterocycles. The molecule has 2 aliphatic rings. The molecule has 1 aliphatic carbocycles. The Labute approximate surface area is 182 Å². The van der Waals surface area contributed by atoms with Crippen LogP contribution in [-0.2, 0) is 24.3 Å². The Morgan fingerprint density at radius 3 is 2.71 bits per heavy atom. The van der Waals surface area contributed by atoms with Gasteiger partial charge in [-0.3, -0.25) is 14.4 Å². The number of aromatic nitrogens is 1. The summed E-state index contributed by atoms with van der Waals surface area (Å²) >= 11 is 0. The van der Waals surface area contributed by atoms with Gasteiger partial charge in [0.15, 0.2) is 0 Å². The summed E-state index contributed by atoms with van der Waals surface area (Å²) in [6.45, 7) is 3.20. The van der Waals surface area contributed by atoms with E-state index in [-0.39, 0.29) is 29.0 Å². The number of nitrogens with one attached hydrogen (secondary N) is 1. The number of pyridine rings is 1. The molecular formula is C25H29N3O3. The van der Waals surface area contributed by atoms with Crippen LogP contribution in [0.4, 0.5) is 0 Å². The van der Waals surface area contributed by atoms with Crippen LogP contribution in [0, 0.1) is 0 Å². The predicted molar refractivity (Wildman–Crippen MR) is 120 cm³/mol. The maximum Gasteiger partial charge on any atom is 0.264 e. The van der Waals surface area contributed by atoms with Gasteiger partial charge in [-0.2, -0.15) is 0 Å². The molecule has 6 heteroatoms. The van der Waals surface area contributed by atoms with Gasteiger partial charge in [0.25, 0.3) is 11.5 Å². The van der Waals surface area contributed by atoms with E-state index in [1.165, 1.54) is 0 Å². The molecular weight excluding hydrogens is 390 g/mol. The van der Waals surface area contributed by atoms with Crippen LogP contribution in [0.25, 0.3) is 0 Å². The van der Waals surface area contributed by atoms with E-state index in [4.69, 9.17) is 0 Å². The summed E-state index contributed by atoms with van der Waals surface area (Å²) in [6, 6.07) is 9.69. The van der Waals surface area contributed by atoms with E-state index >= 15 is 0 Å². The number of allylic oxidation sites excluding steroid dienone is 1. The molecule has 6 nitrogen and oxygen atoms in total. The van der Waals surface area contributed by atoms with Crippen LogP contribution in [0.15, 0.2) is 53.5 Å². The number of hydrogen-bond donors (Lipinski definition) is 1. The van der Waals surface area contributed by atoms with Gasteiger partial charge in [0.1, 0.15) is 5.56 Å². The highest BCUT2D eigenvalue weighted by Gasteiger charge is 2.28. The summed E-state index contributed by atoms with van der Waals surface area (Å²) in [6.07, 6.45) is 9.83. The van der Waals surface area contributed by atoms with E-state index in [2.05, 4.69) is 11.4 Å². The van der Waals surface area contributed by atoms with Crippen molar-refractivity contribution in [1.29, 1.82) is 0 Å². The Morgan fingerprint density at radius 1 is 1.19 bits per heavy atom. The lowest BCUT2D eigenvalue weighted by Gasteiger charge is -2.30. The largest absolute Gasteiger partial charge is 0.346 e. The van der Waals surface area contributed by atoms with Gasteiger partial charge >= 0.3 is 0 Å². The zero-order chi connectivity index (χ0) is 21.8. The molecule has 1 aromatic heterocycles. The number of nitrogens with zero attached hydrogens (tertiary/aromatic N) is 2. The molecule has 2 aromatic rings. The second-order valence-electron chi connectivity index (χ2n) is 8.28. The van der Waals surface area contributed by atoms with Gasteiger partial charge < -0.3 is 14.8 Å². The molecule has 1 N–H and O–H groups in total. The molecule has 1 aromatic carbocycles. The summed E-state index contributed by atoms with van der Waals surface area (Å²) < 4.78 is 1.61. The molecule has 162 valence electrons. The summed E-state index contributed by atoms with van der Waals surface area (Å²) in [5.41, 5.74) is 2.62. The Balaban J connectivity index is 1.73. The third-order valence-corrected chi connectivity index (χ3v) is 6.12. The zero-order valence-electron chi connectivity index (χ0n) is 18.0. The van der Waals surface area contributed by atoms with Crippen molar-refractivity contribution in [2.75, 3.05) is 6.54 Å². The second-order valence-corrected chi connectivity index (χ2v) is 8.28. The van der Waals surface area contributed by atoms with E-state index in [0.29, 0.717) is 32.5 Å². The molecule has 1 atom stereocenters. The van der Waals surface area contributed by atoms with Crippen molar-refractivity contribution < 1.29 is 9.59 Å². The minimum atomic E-state index is -0.310. The number of rotatable bonds is 5. The van der Waals surface area contributed by atoms with E-state index in [0.717, 1.165) is 36.0 Å². The van der Waals surface area contributed by atoms with Crippen LogP contribution in [-0.4, -0.2) is 33.9 Å². The Bertz CT molecular complexity index is 1060. The first kappa shape index (κ1) is 21.1. The van der Waals surface area contributed by atoms with Crippen molar-refractivity contribution in [1.82, 2.24) is 14.8 Å². The minimum absolute atomic E-state index is 0.0409. The van der Waals surface area contributed by atoms with Crippen LogP contribution >= 0.6 is 0 Å². The number of carbonyl (C=O) groups excluding carboxylic acids is 2. The first-order valence-corrected chi connectivity index (χ1v) is 11.1. The number of amides is 2. The first-order chi connectivity index (χ1) is 15.1. The van der Waals surface area contributed by atoms with Gasteiger partial charge in [-0.1, -0.05) is 49.4 Å². The lowest BCUT2D eigenvalue weighted by atomic mass is 9.95. The highest BCUT2D eigenvalue weighted by atomic mass is 16.2. The van der Waals surface area contributed by atoms with Crippen LogP contribution in [0.2, 0.25) is 0 Å². The average molecular weight is 420 g/mol. The van der Waals surface area contributed by atoms with Crippen LogP contribution in [0.1, 0.15) is 59.7 Å². The van der Waals surface area contributed by atoms with E-state index in [9.17, 15) is 14.4 Å². The highest BCUT2D eigenvalue weighted by Crippen LogP contribution is 2.22. The Kier molecular flexibility index (Phi) is 6.35. The molecule has 0 spiro atoms. The summed E-state index contributed by atoms with van der Waals surface area (Å²) in [7, 11) is 0. The van der Waals surface area contributed by atoms with Crippen molar-refractivity contribution in [3.63, 3.8) is 0 Å². The highest BCUT2D eigenvalue weighted by molar-refractivity contribution is 5.96. The van der Waals surface area contributed by atoms with Crippen LogP contribution in [0.3, 0.4) is 0 Å². The lowest BCUT2D eigenvalue weighted by Crippen LogP contribution is -2.43. The fraction of sp³-hybridized carbons (Fsp3) is 0.400. The Morgan fingerprint density at radius 2 is 2.00 bits per heavy atom. The van der Waals surface area contributed by atoms with Gasteiger partial charge in [-0.15, -0.1) is 0 Å². The van der Waals surface area contributed by atoms with E-state index in [1.54, 1.807) is 4.57 Å². The van der Waals surface area contributed by atoms with E-state index in [1.807, 2.05) is 54.4 Å². The van der Waals surface area contributed by atoms with Gasteiger partial charge in [0.05, 0.1) is 6.54 Å². The molecule has 0 fully saturated rings. The summed E-state index contributed by atoms with van der Waals surface area (Å²) in [5, 5.41) is 3.04. The standard InChI is InChI=1S/C25H29N3O3/c1-2-22(29)27-14-13-21-19(16-27)17-28(15-18-9-5-3-6-10-18)25(31)23(21)24(30)26-20-11-7-4-8-12-20/h3,5-7,9-11,17,20H,2,4,8,12-16H2,1H3,(H,26,30). The quantitative estimate of drug-likeness (QED) is 0.758. The third-order valence-electron chi connectivity index (χ3n) is 6.12. The fourth-order valence-electron chi connectivity index (χ4n) is 4.45. The molecule has 4 rings (SSSR count). The lowest BCUT2D eigenvalue weighted by molar-refractivity contribution is -0.131. The number of carbonyl (C=O) groups is 2. The SMILES string of the molecule is CCC(=O)N1CCc2c(cn(Cc3ccccc3)c(=O)c2C(=O)NC2C=CCCC2)C1. The molecule has 0 saturated heterocycles. The van der Waals surface area contributed by atoms with Crippen molar-refractivity contribution in [3.05, 3.63) is 81.3 Å². The third kappa shape index (κ3) is 4.63. The smallest absolute Gasteiger partial charge is 0.264 e. The maximum atomic E-state index is 13.4. The van der Waals surface area contributed by atoms with Crippen molar-refractivity contribution >= 4 is 11.8 Å². The molecule has 1 unspecified atom stereocenters. The fourth-order valence-corrected chi connectivity index (χ4v) is 4.45. The van der Waals surface area contributed by atoms with Crippen LogP contribution in [0.5, 0.6) is 0 Å². The Hall–Kier alpha value is -3.15. The van der Waals surface area contributed by atoms with Crippen LogP contribution < -0.4 is 10.9 Å². The molecule has 0 bridgehead atoms. The first-order valence-electron chi connectivity index (χ1n) is 11.1. The summed E-state index contributed by atoms with van der Waals surface area (Å²) in [5.74, 6) is -0.222. The van der Waals surface area contributed by atoms with Gasteiger partial charge in [-0.25, -0.2) is 0 Å². The topological polar surface area (TPSA) is 71.4 Å². The molecule has 0 saturated carbocycles. The van der Waals surface area contributed by atoms with Crippen molar-refractivity contribution in [3.8, 4) is 0 Å². The molecule has 2 heterocycles. The van der Waals surface area contributed by atoms with Gasteiger partial charge in [0, 0.05) is 31.7 Å². The predicted octanol–water partition coefficient (Wildman–Crippen LogP) is 3.03. The molecule has 2 amide bonds. The van der Waals surface area contributed by atoms with Crippen molar-refractivity contribution in [2.45, 2.75) is 58.2 Å². The molecule has 31 heavy (non-hydrogen) atoms. The zero-order valence-corrected chi connectivity index (χ0v) is 18.0. The van der Waals surface area contributed by atoms with Crippen molar-refractivity contribution in [2.24, 2.45) is 0 Å². The minimum Gasteiger partial charge on any atom is -0.346 e. The maximum absolute atomic E-state index is 13.4. The number of hydrogen-bond acceptors (Lipinski definition) is 3. The summed E-state index contributed by atoms with van der Waals surface area (Å²) in [4.78, 5) is 40.7. The monoisotopic (exact) mass is 419 g/mol.